The van der Waals surface area contributed by atoms with Crippen LogP contribution in [0.3, 0.4) is 0 Å². The largest absolute Gasteiger partial charge is 0.367 e. The van der Waals surface area contributed by atoms with Crippen molar-refractivity contribution in [2.45, 2.75) is 12.6 Å². The molecule has 1 atom stereocenters. The summed E-state index contributed by atoms with van der Waals surface area (Å²) in [7, 11) is 0. The number of benzene rings is 1. The maximum absolute atomic E-state index is 11.2. The first-order chi connectivity index (χ1) is 10.1. The van der Waals surface area contributed by atoms with Crippen LogP contribution >= 0.6 is 11.6 Å². The monoisotopic (exact) mass is 305 g/mol. The van der Waals surface area contributed by atoms with Crippen LogP contribution in [0.15, 0.2) is 30.3 Å². The number of carbonyl (C=O) groups excluding carboxylic acids is 1. The topological polar surface area (TPSA) is 68.5 Å². The van der Waals surface area contributed by atoms with Crippen molar-refractivity contribution in [1.29, 1.82) is 0 Å². The summed E-state index contributed by atoms with van der Waals surface area (Å²) >= 11 is 5.97. The second-order valence-corrected chi connectivity index (χ2v) is 5.57. The Morgan fingerprint density at radius 2 is 2.29 bits per heavy atom. The molecule has 1 aromatic heterocycles. The molecular weight excluding hydrogens is 290 g/mol. The van der Waals surface area contributed by atoms with Crippen molar-refractivity contribution in [2.24, 2.45) is 5.73 Å². The van der Waals surface area contributed by atoms with Crippen molar-refractivity contribution >= 4 is 28.4 Å². The molecule has 2 aromatic rings. The van der Waals surface area contributed by atoms with Gasteiger partial charge in [-0.05, 0) is 24.3 Å². The number of ether oxygens (including phenoxy) is 1. The summed E-state index contributed by atoms with van der Waals surface area (Å²) < 4.78 is 5.34. The average Bonchev–Trinajstić information content (AvgIpc) is 2.48. The third-order valence-corrected chi connectivity index (χ3v) is 3.80. The summed E-state index contributed by atoms with van der Waals surface area (Å²) in [6.07, 6.45) is -0.530. The highest BCUT2D eigenvalue weighted by Crippen LogP contribution is 2.19. The maximum atomic E-state index is 11.2. The number of aromatic nitrogens is 1. The van der Waals surface area contributed by atoms with E-state index < -0.39 is 12.0 Å². The molecule has 0 saturated carbocycles. The lowest BCUT2D eigenvalue weighted by atomic mass is 10.2. The van der Waals surface area contributed by atoms with Gasteiger partial charge < -0.3 is 10.5 Å². The molecule has 110 valence electrons. The Labute approximate surface area is 127 Å². The van der Waals surface area contributed by atoms with Gasteiger partial charge in [0, 0.05) is 30.0 Å². The van der Waals surface area contributed by atoms with Gasteiger partial charge in [0.15, 0.2) is 0 Å². The summed E-state index contributed by atoms with van der Waals surface area (Å²) in [6.45, 7) is 2.46. The Morgan fingerprint density at radius 3 is 3.10 bits per heavy atom. The van der Waals surface area contributed by atoms with E-state index in [1.807, 2.05) is 30.3 Å². The molecule has 0 bridgehead atoms. The number of morpholine rings is 1. The third-order valence-electron chi connectivity index (χ3n) is 3.56. The molecule has 0 radical (unpaired) electrons. The molecule has 21 heavy (non-hydrogen) atoms. The van der Waals surface area contributed by atoms with Gasteiger partial charge in [0.25, 0.3) is 0 Å². The van der Waals surface area contributed by atoms with E-state index in [0.29, 0.717) is 24.7 Å². The molecule has 5 nitrogen and oxygen atoms in total. The van der Waals surface area contributed by atoms with Crippen LogP contribution in [-0.4, -0.2) is 41.6 Å². The normalized spacial score (nSPS) is 19.8. The van der Waals surface area contributed by atoms with Crippen LogP contribution in [0.5, 0.6) is 0 Å². The van der Waals surface area contributed by atoms with Crippen molar-refractivity contribution in [2.75, 3.05) is 19.7 Å². The summed E-state index contributed by atoms with van der Waals surface area (Å²) in [5.41, 5.74) is 7.16. The molecule has 2 heterocycles. The Morgan fingerprint density at radius 1 is 1.43 bits per heavy atom. The van der Waals surface area contributed by atoms with Crippen LogP contribution in [0.2, 0.25) is 5.02 Å². The number of rotatable bonds is 3. The zero-order valence-electron chi connectivity index (χ0n) is 11.5. The number of nitrogens with zero attached hydrogens (tertiary/aromatic N) is 2. The van der Waals surface area contributed by atoms with Crippen LogP contribution in [0.1, 0.15) is 5.69 Å². The number of nitrogens with two attached hydrogens (primary N) is 1. The fraction of sp³-hybridized carbons (Fsp3) is 0.333. The molecule has 1 fully saturated rings. The zero-order chi connectivity index (χ0) is 14.8. The SMILES string of the molecule is NC(=O)[C@H]1CN(Cc2ccc3cc(Cl)ccc3n2)CCO1. The minimum atomic E-state index is -0.530. The summed E-state index contributed by atoms with van der Waals surface area (Å²) in [4.78, 5) is 18.0. The minimum absolute atomic E-state index is 0.416. The molecule has 1 aliphatic heterocycles. The van der Waals surface area contributed by atoms with Crippen molar-refractivity contribution in [1.82, 2.24) is 9.88 Å². The number of fused-ring (bicyclic) bond motifs is 1. The van der Waals surface area contributed by atoms with Gasteiger partial charge in [0.1, 0.15) is 6.10 Å². The average molecular weight is 306 g/mol. The first-order valence-electron chi connectivity index (χ1n) is 6.80. The Balaban J connectivity index is 1.75. The van der Waals surface area contributed by atoms with E-state index in [2.05, 4.69) is 9.88 Å². The predicted octanol–water partition coefficient (Wildman–Crippen LogP) is 1.57. The van der Waals surface area contributed by atoms with Gasteiger partial charge in [-0.1, -0.05) is 17.7 Å². The lowest BCUT2D eigenvalue weighted by Gasteiger charge is -2.30. The highest BCUT2D eigenvalue weighted by molar-refractivity contribution is 6.31. The van der Waals surface area contributed by atoms with E-state index in [0.717, 1.165) is 23.1 Å². The number of pyridine rings is 1. The van der Waals surface area contributed by atoms with E-state index in [1.54, 1.807) is 0 Å². The van der Waals surface area contributed by atoms with Gasteiger partial charge in [0.2, 0.25) is 5.91 Å². The lowest BCUT2D eigenvalue weighted by molar-refractivity contribution is -0.135. The van der Waals surface area contributed by atoms with E-state index in [-0.39, 0.29) is 0 Å². The van der Waals surface area contributed by atoms with E-state index in [4.69, 9.17) is 22.1 Å². The molecule has 6 heteroatoms. The first kappa shape index (κ1) is 14.3. The van der Waals surface area contributed by atoms with Crippen LogP contribution in [0.25, 0.3) is 10.9 Å². The smallest absolute Gasteiger partial charge is 0.247 e. The fourth-order valence-electron chi connectivity index (χ4n) is 2.47. The van der Waals surface area contributed by atoms with Crippen molar-refractivity contribution in [3.8, 4) is 0 Å². The number of hydrogen-bond acceptors (Lipinski definition) is 4. The number of halogens is 1. The number of hydrogen-bond donors (Lipinski definition) is 1. The van der Waals surface area contributed by atoms with Gasteiger partial charge >= 0.3 is 0 Å². The summed E-state index contributed by atoms with van der Waals surface area (Å²) in [6, 6.07) is 9.62. The van der Waals surface area contributed by atoms with Crippen molar-refractivity contribution in [3.05, 3.63) is 41.0 Å². The quantitative estimate of drug-likeness (QED) is 0.934. The molecule has 1 aliphatic rings. The van der Waals surface area contributed by atoms with Crippen LogP contribution in [-0.2, 0) is 16.1 Å². The standard InChI is InChI=1S/C15H16ClN3O2/c16-11-2-4-13-10(7-11)1-3-12(18-13)8-19-5-6-21-14(9-19)15(17)20/h1-4,7,14H,5-6,8-9H2,(H2,17,20)/t14-/m1/s1. The van der Waals surface area contributed by atoms with Gasteiger partial charge in [0.05, 0.1) is 17.8 Å². The van der Waals surface area contributed by atoms with Crippen molar-refractivity contribution < 1.29 is 9.53 Å². The van der Waals surface area contributed by atoms with Gasteiger partial charge in [-0.25, -0.2) is 0 Å². The van der Waals surface area contributed by atoms with Crippen molar-refractivity contribution in [3.63, 3.8) is 0 Å². The highest BCUT2D eigenvalue weighted by atomic mass is 35.5. The molecule has 0 unspecified atom stereocenters. The van der Waals surface area contributed by atoms with Crippen LogP contribution in [0.4, 0.5) is 0 Å². The Kier molecular flexibility index (Phi) is 4.05. The Hall–Kier alpha value is -1.69. The second-order valence-electron chi connectivity index (χ2n) is 5.14. The van der Waals surface area contributed by atoms with E-state index in [9.17, 15) is 4.79 Å². The van der Waals surface area contributed by atoms with Crippen LogP contribution < -0.4 is 5.73 Å². The molecule has 1 amide bonds. The Bertz CT molecular complexity index is 677. The lowest BCUT2D eigenvalue weighted by Crippen LogP contribution is -2.48. The molecule has 1 aromatic carbocycles. The van der Waals surface area contributed by atoms with Gasteiger partial charge in [-0.15, -0.1) is 0 Å². The minimum Gasteiger partial charge on any atom is -0.367 e. The van der Waals surface area contributed by atoms with Gasteiger partial charge in [-0.2, -0.15) is 0 Å². The predicted molar refractivity (Wildman–Crippen MR) is 81.0 cm³/mol. The molecule has 0 aliphatic carbocycles. The van der Waals surface area contributed by atoms with Crippen LogP contribution in [0, 0.1) is 0 Å². The number of amides is 1. The number of carbonyl (C=O) groups is 1. The molecule has 2 N–H and O–H groups in total. The fourth-order valence-corrected chi connectivity index (χ4v) is 2.65. The van der Waals surface area contributed by atoms with E-state index in [1.165, 1.54) is 0 Å². The zero-order valence-corrected chi connectivity index (χ0v) is 12.2. The molecule has 1 saturated heterocycles. The highest BCUT2D eigenvalue weighted by Gasteiger charge is 2.24. The first-order valence-corrected chi connectivity index (χ1v) is 7.18. The number of primary amides is 1. The third kappa shape index (κ3) is 3.32. The van der Waals surface area contributed by atoms with Gasteiger partial charge in [-0.3, -0.25) is 14.7 Å². The summed E-state index contributed by atoms with van der Waals surface area (Å²) in [5, 5.41) is 1.72. The molecule has 0 spiro atoms. The maximum Gasteiger partial charge on any atom is 0.247 e. The van der Waals surface area contributed by atoms with E-state index >= 15 is 0 Å². The second kappa shape index (κ2) is 5.97. The molecular formula is C15H16ClN3O2. The molecule has 3 rings (SSSR count). The summed E-state index contributed by atoms with van der Waals surface area (Å²) in [5.74, 6) is -0.416.